The maximum absolute atomic E-state index is 12.9. The monoisotopic (exact) mass is 414 g/mol. The largest absolute Gasteiger partial charge is 0.345 e. The molecule has 0 saturated heterocycles. The minimum absolute atomic E-state index is 0.0375. The third-order valence-corrected chi connectivity index (χ3v) is 7.21. The molecule has 0 spiro atoms. The van der Waals surface area contributed by atoms with Gasteiger partial charge in [-0.3, -0.25) is 4.79 Å². The van der Waals surface area contributed by atoms with Crippen molar-refractivity contribution in [3.63, 3.8) is 0 Å². The molecule has 156 valence electrons. The maximum Gasteiger partial charge on any atom is 0.251 e. The summed E-state index contributed by atoms with van der Waals surface area (Å²) in [6.07, 6.45) is 2.56. The summed E-state index contributed by atoms with van der Waals surface area (Å²) in [6.45, 7) is 8.10. The molecule has 0 aromatic heterocycles. The van der Waals surface area contributed by atoms with Crippen LogP contribution in [0.15, 0.2) is 41.3 Å². The number of carbonyl (C=O) groups excluding carboxylic acids is 1. The summed E-state index contributed by atoms with van der Waals surface area (Å²) in [6, 6.07) is 11.3. The quantitative estimate of drug-likeness (QED) is 0.718. The zero-order chi connectivity index (χ0) is 21.2. The highest BCUT2D eigenvalue weighted by Gasteiger charge is 2.25. The Morgan fingerprint density at radius 2 is 1.90 bits per heavy atom. The summed E-state index contributed by atoms with van der Waals surface area (Å²) < 4.78 is 28.3. The fraction of sp³-hybridized carbons (Fsp3) is 0.435. The predicted molar refractivity (Wildman–Crippen MR) is 116 cm³/mol. The molecule has 1 aliphatic carbocycles. The zero-order valence-corrected chi connectivity index (χ0v) is 18.4. The van der Waals surface area contributed by atoms with E-state index >= 15 is 0 Å². The third-order valence-electron chi connectivity index (χ3n) is 5.62. The number of fused-ring (bicyclic) bond motifs is 1. The van der Waals surface area contributed by atoms with Gasteiger partial charge in [0.15, 0.2) is 0 Å². The van der Waals surface area contributed by atoms with Crippen LogP contribution in [0, 0.1) is 19.8 Å². The Kier molecular flexibility index (Phi) is 6.44. The van der Waals surface area contributed by atoms with Gasteiger partial charge in [-0.1, -0.05) is 38.1 Å². The Labute approximate surface area is 174 Å². The molecular formula is C23H30N2O3S. The van der Waals surface area contributed by atoms with Gasteiger partial charge in [-0.2, -0.15) is 0 Å². The number of amides is 1. The second-order valence-electron chi connectivity index (χ2n) is 8.26. The van der Waals surface area contributed by atoms with Crippen LogP contribution in [0.1, 0.15) is 65.3 Å². The van der Waals surface area contributed by atoms with Crippen molar-refractivity contribution in [2.24, 2.45) is 5.92 Å². The zero-order valence-electron chi connectivity index (χ0n) is 17.6. The maximum atomic E-state index is 12.9. The summed E-state index contributed by atoms with van der Waals surface area (Å²) in [7, 11) is -3.67. The van der Waals surface area contributed by atoms with Crippen molar-refractivity contribution >= 4 is 15.9 Å². The Bertz CT molecular complexity index is 1010. The van der Waals surface area contributed by atoms with Crippen molar-refractivity contribution < 1.29 is 13.2 Å². The van der Waals surface area contributed by atoms with E-state index in [2.05, 4.69) is 30.0 Å². The molecular weight excluding hydrogens is 384 g/mol. The van der Waals surface area contributed by atoms with Crippen LogP contribution in [-0.2, 0) is 16.4 Å². The third kappa shape index (κ3) is 4.87. The first-order chi connectivity index (χ1) is 13.7. The van der Waals surface area contributed by atoms with E-state index in [4.69, 9.17) is 0 Å². The summed E-state index contributed by atoms with van der Waals surface area (Å²) in [4.78, 5) is 13.1. The van der Waals surface area contributed by atoms with E-state index in [0.29, 0.717) is 23.6 Å². The van der Waals surface area contributed by atoms with Crippen LogP contribution in [0.25, 0.3) is 0 Å². The topological polar surface area (TPSA) is 75.3 Å². The van der Waals surface area contributed by atoms with Gasteiger partial charge in [-0.05, 0) is 73.4 Å². The lowest BCUT2D eigenvalue weighted by molar-refractivity contribution is 0.0936. The number of benzene rings is 2. The van der Waals surface area contributed by atoms with Gasteiger partial charge in [0.25, 0.3) is 5.91 Å². The number of nitrogens with one attached hydrogen (secondary N) is 2. The van der Waals surface area contributed by atoms with Crippen LogP contribution in [0.5, 0.6) is 0 Å². The van der Waals surface area contributed by atoms with E-state index in [-0.39, 0.29) is 16.8 Å². The Morgan fingerprint density at radius 1 is 1.17 bits per heavy atom. The average Bonchev–Trinajstić information content (AvgIpc) is 3.06. The van der Waals surface area contributed by atoms with Crippen molar-refractivity contribution in [3.05, 3.63) is 64.2 Å². The molecule has 0 radical (unpaired) electrons. The second kappa shape index (κ2) is 8.67. The number of hydrogen-bond acceptors (Lipinski definition) is 3. The smallest absolute Gasteiger partial charge is 0.251 e. The fourth-order valence-electron chi connectivity index (χ4n) is 3.75. The molecule has 1 aliphatic rings. The molecule has 6 heteroatoms. The lowest BCUT2D eigenvalue weighted by Gasteiger charge is -2.17. The Hall–Kier alpha value is -2.18. The molecule has 0 aliphatic heterocycles. The second-order valence-corrected chi connectivity index (χ2v) is 10.00. The molecule has 29 heavy (non-hydrogen) atoms. The first-order valence-electron chi connectivity index (χ1n) is 10.2. The Balaban J connectivity index is 1.83. The number of aryl methyl sites for hydroxylation is 2. The molecule has 1 atom stereocenters. The van der Waals surface area contributed by atoms with Crippen LogP contribution >= 0.6 is 0 Å². The van der Waals surface area contributed by atoms with Crippen LogP contribution in [0.2, 0.25) is 0 Å². The van der Waals surface area contributed by atoms with Crippen molar-refractivity contribution in [2.75, 3.05) is 6.54 Å². The van der Waals surface area contributed by atoms with Crippen molar-refractivity contribution in [3.8, 4) is 0 Å². The molecule has 2 aromatic carbocycles. The Morgan fingerprint density at radius 3 is 2.62 bits per heavy atom. The first-order valence-corrected chi connectivity index (χ1v) is 11.7. The van der Waals surface area contributed by atoms with Gasteiger partial charge >= 0.3 is 0 Å². The van der Waals surface area contributed by atoms with Crippen LogP contribution in [0.4, 0.5) is 0 Å². The SMILES string of the molecule is Cc1cc(C(=O)NC2CCc3ccccc32)cc(S(=O)(=O)NCCC(C)C)c1C. The molecule has 2 aromatic rings. The van der Waals surface area contributed by atoms with Crippen LogP contribution < -0.4 is 10.0 Å². The highest BCUT2D eigenvalue weighted by Crippen LogP contribution is 2.31. The molecule has 0 fully saturated rings. The molecule has 1 unspecified atom stereocenters. The highest BCUT2D eigenvalue weighted by atomic mass is 32.2. The number of sulfonamides is 1. The summed E-state index contributed by atoms with van der Waals surface area (Å²) in [5.41, 5.74) is 4.24. The first kappa shape index (κ1) is 21.5. The van der Waals surface area contributed by atoms with Gasteiger partial charge in [0.2, 0.25) is 10.0 Å². The summed E-state index contributed by atoms with van der Waals surface area (Å²) in [5.74, 6) is 0.167. The van der Waals surface area contributed by atoms with E-state index in [0.717, 1.165) is 30.4 Å². The average molecular weight is 415 g/mol. The standard InChI is InChI=1S/C23H30N2O3S/c1-15(2)11-12-24-29(27,28)22-14-19(13-16(3)17(22)4)23(26)25-21-10-9-18-7-5-6-8-20(18)21/h5-8,13-15,21,24H,9-12H2,1-4H3,(H,25,26). The van der Waals surface area contributed by atoms with Gasteiger partial charge in [-0.25, -0.2) is 13.1 Å². The minimum atomic E-state index is -3.67. The molecule has 0 saturated carbocycles. The van der Waals surface area contributed by atoms with Gasteiger partial charge in [0.1, 0.15) is 0 Å². The number of hydrogen-bond donors (Lipinski definition) is 2. The lowest BCUT2D eigenvalue weighted by atomic mass is 10.0. The van der Waals surface area contributed by atoms with Gasteiger partial charge < -0.3 is 5.32 Å². The van der Waals surface area contributed by atoms with Crippen molar-refractivity contribution in [2.45, 2.75) is 57.9 Å². The van der Waals surface area contributed by atoms with E-state index < -0.39 is 10.0 Å². The van der Waals surface area contributed by atoms with E-state index in [1.54, 1.807) is 13.0 Å². The van der Waals surface area contributed by atoms with Crippen LogP contribution in [-0.4, -0.2) is 20.9 Å². The van der Waals surface area contributed by atoms with Gasteiger partial charge in [0.05, 0.1) is 10.9 Å². The predicted octanol–water partition coefficient (Wildman–Crippen LogP) is 4.05. The fourth-order valence-corrected chi connectivity index (χ4v) is 5.13. The minimum Gasteiger partial charge on any atom is -0.345 e. The van der Waals surface area contributed by atoms with Crippen molar-refractivity contribution in [1.29, 1.82) is 0 Å². The molecule has 2 N–H and O–H groups in total. The molecule has 5 nitrogen and oxygen atoms in total. The van der Waals surface area contributed by atoms with Gasteiger partial charge in [0, 0.05) is 12.1 Å². The molecule has 1 amide bonds. The molecule has 3 rings (SSSR count). The number of carbonyl (C=O) groups is 1. The summed E-state index contributed by atoms with van der Waals surface area (Å²) in [5, 5.41) is 3.08. The van der Waals surface area contributed by atoms with E-state index in [1.807, 2.05) is 25.1 Å². The molecule has 0 bridgehead atoms. The van der Waals surface area contributed by atoms with E-state index in [9.17, 15) is 13.2 Å². The van der Waals surface area contributed by atoms with Gasteiger partial charge in [-0.15, -0.1) is 0 Å². The lowest BCUT2D eigenvalue weighted by Crippen LogP contribution is -2.29. The molecule has 0 heterocycles. The van der Waals surface area contributed by atoms with E-state index in [1.165, 1.54) is 11.6 Å². The highest BCUT2D eigenvalue weighted by molar-refractivity contribution is 7.89. The normalized spacial score (nSPS) is 16.1. The van der Waals surface area contributed by atoms with Crippen molar-refractivity contribution in [1.82, 2.24) is 10.0 Å². The number of rotatable bonds is 7. The van der Waals surface area contributed by atoms with Crippen LogP contribution in [0.3, 0.4) is 0 Å². The summed E-state index contributed by atoms with van der Waals surface area (Å²) >= 11 is 0.